The van der Waals surface area contributed by atoms with Gasteiger partial charge in [0.05, 0.1) is 30.0 Å². The fraction of sp³-hybridized carbons (Fsp3) is 0.522. The molecule has 1 fully saturated rings. The van der Waals surface area contributed by atoms with Gasteiger partial charge in [-0.15, -0.1) is 0 Å². The van der Waals surface area contributed by atoms with Crippen LogP contribution in [0.15, 0.2) is 35.5 Å². The van der Waals surface area contributed by atoms with Crippen molar-refractivity contribution < 1.29 is 18.3 Å². The molecular weight excluding hydrogens is 442 g/mol. The molecule has 0 amide bonds. The van der Waals surface area contributed by atoms with Gasteiger partial charge in [-0.1, -0.05) is 39.0 Å². The average Bonchev–Trinajstić information content (AvgIpc) is 3.28. The lowest BCUT2D eigenvalue weighted by atomic mass is 9.99. The number of aromatic nitrogens is 4. The highest BCUT2D eigenvalue weighted by Crippen LogP contribution is 2.32. The largest absolute Gasteiger partial charge is 0.463 e. The van der Waals surface area contributed by atoms with Crippen molar-refractivity contribution in [2.45, 2.75) is 51.2 Å². The number of hydrogen-bond acceptors (Lipinski definition) is 8. The molecule has 0 aliphatic carbocycles. The van der Waals surface area contributed by atoms with Crippen LogP contribution < -0.4 is 9.64 Å². The van der Waals surface area contributed by atoms with Crippen LogP contribution in [0.4, 0.5) is 5.82 Å². The first kappa shape index (κ1) is 23.4. The van der Waals surface area contributed by atoms with E-state index in [1.54, 1.807) is 24.5 Å². The van der Waals surface area contributed by atoms with Crippen molar-refractivity contribution in [3.8, 4) is 6.01 Å². The molecule has 33 heavy (non-hydrogen) atoms. The highest BCUT2D eigenvalue weighted by atomic mass is 32.2. The number of anilines is 1. The van der Waals surface area contributed by atoms with Gasteiger partial charge in [-0.25, -0.2) is 13.4 Å². The number of sulfone groups is 1. The summed E-state index contributed by atoms with van der Waals surface area (Å²) >= 11 is 0. The lowest BCUT2D eigenvalue weighted by Gasteiger charge is -2.22. The van der Waals surface area contributed by atoms with Crippen LogP contribution in [0.5, 0.6) is 6.01 Å². The highest BCUT2D eigenvalue weighted by Gasteiger charge is 2.34. The molecule has 178 valence electrons. The number of β-amino-alcohol motifs (C(OH)–C–C–N with tert-alkyl or cyclic N) is 1. The maximum absolute atomic E-state index is 12.3. The minimum absolute atomic E-state index is 0.0789. The van der Waals surface area contributed by atoms with Crippen LogP contribution in [0.2, 0.25) is 0 Å². The fourth-order valence-corrected chi connectivity index (χ4v) is 4.83. The molecule has 0 saturated carbocycles. The fourth-order valence-electron chi connectivity index (χ4n) is 3.90. The van der Waals surface area contributed by atoms with E-state index >= 15 is 0 Å². The molecule has 1 aromatic carbocycles. The summed E-state index contributed by atoms with van der Waals surface area (Å²) in [5, 5.41) is 10.5. The number of hydrogen-bond donors (Lipinski definition) is 1. The summed E-state index contributed by atoms with van der Waals surface area (Å²) in [7, 11) is -3.38. The molecule has 0 spiro atoms. The Morgan fingerprint density at radius 1 is 1.21 bits per heavy atom. The van der Waals surface area contributed by atoms with Crippen molar-refractivity contribution in [3.05, 3.63) is 36.2 Å². The van der Waals surface area contributed by atoms with E-state index in [4.69, 9.17) is 4.74 Å². The Morgan fingerprint density at radius 3 is 2.58 bits per heavy atom. The number of fused-ring (bicyclic) bond motifs is 1. The lowest BCUT2D eigenvalue weighted by molar-refractivity contribution is 0.0839. The monoisotopic (exact) mass is 473 g/mol. The third-order valence-electron chi connectivity index (χ3n) is 5.52. The molecule has 1 atom stereocenters. The second kappa shape index (κ2) is 8.25. The van der Waals surface area contributed by atoms with Crippen molar-refractivity contribution >= 4 is 26.8 Å². The number of ether oxygens (including phenoxy) is 1. The molecule has 1 unspecified atom stereocenters. The number of aliphatic hydroxyl groups is 1. The van der Waals surface area contributed by atoms with E-state index in [9.17, 15) is 13.5 Å². The normalized spacial score (nSPS) is 19.4. The SMILES string of the molecule is CC(C)(C)COc1nc(N2CCC(C)(O)C2)c2ncn(Cc3ccccc3S(C)(=O)=O)c2n1. The number of nitrogens with zero attached hydrogens (tertiary/aromatic N) is 5. The van der Waals surface area contributed by atoms with Crippen LogP contribution in [0.1, 0.15) is 39.7 Å². The summed E-state index contributed by atoms with van der Waals surface area (Å²) in [5.74, 6) is 0.608. The molecule has 2 aromatic heterocycles. The van der Waals surface area contributed by atoms with E-state index in [2.05, 4.69) is 35.7 Å². The molecule has 0 radical (unpaired) electrons. The molecule has 1 aliphatic rings. The van der Waals surface area contributed by atoms with Crippen LogP contribution >= 0.6 is 0 Å². The summed E-state index contributed by atoms with van der Waals surface area (Å²) in [6, 6.07) is 7.16. The van der Waals surface area contributed by atoms with Crippen molar-refractivity contribution in [1.82, 2.24) is 19.5 Å². The summed E-state index contributed by atoms with van der Waals surface area (Å²) in [4.78, 5) is 16.1. The van der Waals surface area contributed by atoms with Gasteiger partial charge in [0, 0.05) is 19.3 Å². The van der Waals surface area contributed by atoms with Gasteiger partial charge < -0.3 is 19.3 Å². The quantitative estimate of drug-likeness (QED) is 0.582. The van der Waals surface area contributed by atoms with Crippen LogP contribution in [0.3, 0.4) is 0 Å². The molecule has 1 N–H and O–H groups in total. The second-order valence-electron chi connectivity index (χ2n) is 10.3. The van der Waals surface area contributed by atoms with Crippen molar-refractivity contribution in [3.63, 3.8) is 0 Å². The molecule has 3 aromatic rings. The molecule has 1 saturated heterocycles. The molecular formula is C23H31N5O4S. The first-order valence-electron chi connectivity index (χ1n) is 10.9. The standard InChI is InChI=1S/C23H31N5O4S/c1-22(2,3)14-32-21-25-19(27-11-10-23(4,29)13-27)18-20(26-21)28(15-24-18)12-16-8-6-7-9-17(16)33(5,30)31/h6-9,15,29H,10-14H2,1-5H3. The third-order valence-corrected chi connectivity index (χ3v) is 6.72. The first-order valence-corrected chi connectivity index (χ1v) is 12.8. The van der Waals surface area contributed by atoms with Crippen molar-refractivity contribution in [1.29, 1.82) is 0 Å². The van der Waals surface area contributed by atoms with Crippen LogP contribution in [0, 0.1) is 5.41 Å². The minimum atomic E-state index is -3.38. The van der Waals surface area contributed by atoms with Gasteiger partial charge in [-0.05, 0) is 30.4 Å². The van der Waals surface area contributed by atoms with Gasteiger partial charge in [0.25, 0.3) is 0 Å². The van der Waals surface area contributed by atoms with Gasteiger partial charge in [0.2, 0.25) is 0 Å². The predicted molar refractivity (Wildman–Crippen MR) is 126 cm³/mol. The third kappa shape index (κ3) is 5.27. The number of benzene rings is 1. The first-order chi connectivity index (χ1) is 15.3. The molecule has 4 rings (SSSR count). The van der Waals surface area contributed by atoms with E-state index in [1.807, 2.05) is 22.5 Å². The Morgan fingerprint density at radius 2 is 1.94 bits per heavy atom. The number of imidazole rings is 1. The van der Waals surface area contributed by atoms with Gasteiger partial charge in [-0.2, -0.15) is 9.97 Å². The minimum Gasteiger partial charge on any atom is -0.463 e. The van der Waals surface area contributed by atoms with Gasteiger partial charge in [0.15, 0.2) is 26.8 Å². The molecule has 0 bridgehead atoms. The average molecular weight is 474 g/mol. The van der Waals surface area contributed by atoms with Crippen LogP contribution in [-0.4, -0.2) is 64.6 Å². The summed E-state index contributed by atoms with van der Waals surface area (Å²) in [6.45, 7) is 9.79. The van der Waals surface area contributed by atoms with E-state index < -0.39 is 15.4 Å². The van der Waals surface area contributed by atoms with Crippen molar-refractivity contribution in [2.24, 2.45) is 5.41 Å². The Balaban J connectivity index is 1.79. The maximum atomic E-state index is 12.3. The van der Waals surface area contributed by atoms with Gasteiger partial charge in [0.1, 0.15) is 0 Å². The Labute approximate surface area is 194 Å². The Hall–Kier alpha value is -2.72. The second-order valence-corrected chi connectivity index (χ2v) is 12.3. The smallest absolute Gasteiger partial charge is 0.320 e. The summed E-state index contributed by atoms with van der Waals surface area (Å²) in [5.41, 5.74) is 0.914. The van der Waals surface area contributed by atoms with Crippen LogP contribution in [0.25, 0.3) is 11.2 Å². The van der Waals surface area contributed by atoms with Gasteiger partial charge in [-0.3, -0.25) is 0 Å². The number of rotatable bonds is 6. The van der Waals surface area contributed by atoms with Crippen LogP contribution in [-0.2, 0) is 16.4 Å². The molecule has 9 nitrogen and oxygen atoms in total. The van der Waals surface area contributed by atoms with Gasteiger partial charge >= 0.3 is 6.01 Å². The van der Waals surface area contributed by atoms with E-state index in [0.29, 0.717) is 48.7 Å². The summed E-state index contributed by atoms with van der Waals surface area (Å²) in [6.07, 6.45) is 3.47. The Bertz CT molecular complexity index is 1280. The Kier molecular flexibility index (Phi) is 5.86. The van der Waals surface area contributed by atoms with E-state index in [0.717, 1.165) is 0 Å². The highest BCUT2D eigenvalue weighted by molar-refractivity contribution is 7.90. The zero-order valence-corrected chi connectivity index (χ0v) is 20.6. The van der Waals surface area contributed by atoms with Crippen molar-refractivity contribution in [2.75, 3.05) is 30.9 Å². The zero-order chi connectivity index (χ0) is 24.0. The topological polar surface area (TPSA) is 110 Å². The van der Waals surface area contributed by atoms with E-state index in [1.165, 1.54) is 6.26 Å². The summed E-state index contributed by atoms with van der Waals surface area (Å²) < 4.78 is 32.3. The maximum Gasteiger partial charge on any atom is 0.320 e. The lowest BCUT2D eigenvalue weighted by Crippen LogP contribution is -2.30. The molecule has 3 heterocycles. The molecule has 10 heteroatoms. The zero-order valence-electron chi connectivity index (χ0n) is 19.7. The predicted octanol–water partition coefficient (Wildman–Crippen LogP) is 2.66. The molecule has 1 aliphatic heterocycles. The van der Waals surface area contributed by atoms with E-state index in [-0.39, 0.29) is 22.9 Å².